The van der Waals surface area contributed by atoms with Gasteiger partial charge in [-0.2, -0.15) is 0 Å². The summed E-state index contributed by atoms with van der Waals surface area (Å²) in [4.78, 5) is 35.5. The molecule has 1 aliphatic carbocycles. The number of carboxylic acid groups (broad SMARTS) is 1. The predicted octanol–water partition coefficient (Wildman–Crippen LogP) is 8.29. The molecule has 0 aromatic heterocycles. The number of carbonyl (C=O) groups excluding carboxylic acids is 1. The molecule has 0 heterocycles. The molecule has 7 heteroatoms. The van der Waals surface area contributed by atoms with Gasteiger partial charge in [-0.15, -0.1) is 4.91 Å². The number of amides is 1. The van der Waals surface area contributed by atoms with Gasteiger partial charge in [0.1, 0.15) is 0 Å². The average molecular weight is 521 g/mol. The van der Waals surface area contributed by atoms with Crippen LogP contribution in [-0.4, -0.2) is 28.3 Å². The van der Waals surface area contributed by atoms with Gasteiger partial charge in [-0.05, 0) is 44.6 Å². The lowest BCUT2D eigenvalue weighted by molar-refractivity contribution is -0.140. The number of unbranched alkanes of at least 4 members (excludes halogenated alkanes) is 8. The average Bonchev–Trinajstić information content (AvgIpc) is 2.87. The fraction of sp³-hybridized carbons (Fsp3) is 0.724. The molecule has 0 aromatic carbocycles. The van der Waals surface area contributed by atoms with E-state index in [1.165, 1.54) is 44.9 Å². The van der Waals surface area contributed by atoms with Crippen molar-refractivity contribution in [3.8, 4) is 0 Å². The Balaban J connectivity index is 2.55. The summed E-state index contributed by atoms with van der Waals surface area (Å²) in [6.07, 6.45) is 25.9. The number of nitroso groups, excluding NO2 is 1. The number of rotatable bonds is 20. The lowest BCUT2D eigenvalue weighted by atomic mass is 9.88. The molecule has 2 N–H and O–H groups in total. The van der Waals surface area contributed by atoms with Crippen LogP contribution in [0.15, 0.2) is 40.5 Å². The van der Waals surface area contributed by atoms with Crippen molar-refractivity contribution >= 4 is 23.8 Å². The third kappa shape index (κ3) is 14.0. The van der Waals surface area contributed by atoms with Crippen LogP contribution in [0.25, 0.3) is 0 Å². The lowest BCUT2D eigenvalue weighted by Crippen LogP contribution is -2.41. The Kier molecular flexibility index (Phi) is 18.0. The van der Waals surface area contributed by atoms with Crippen molar-refractivity contribution in [3.63, 3.8) is 0 Å². The van der Waals surface area contributed by atoms with Gasteiger partial charge in [-0.25, -0.2) is 0 Å². The second kappa shape index (κ2) is 20.2. The summed E-state index contributed by atoms with van der Waals surface area (Å²) in [5.41, 5.74) is 0.720. The van der Waals surface area contributed by atoms with Crippen molar-refractivity contribution in [2.24, 2.45) is 10.5 Å². The number of hydrogen-bond acceptors (Lipinski definition) is 5. The van der Waals surface area contributed by atoms with Crippen LogP contribution < -0.4 is 5.32 Å². The van der Waals surface area contributed by atoms with E-state index in [0.29, 0.717) is 6.54 Å². The summed E-state index contributed by atoms with van der Waals surface area (Å²) in [6.45, 7) is 4.53. The summed E-state index contributed by atoms with van der Waals surface area (Å²) >= 11 is 1.04. The highest BCUT2D eigenvalue weighted by Crippen LogP contribution is 2.40. The minimum Gasteiger partial charge on any atom is -0.481 e. The SMILES string of the molecule is CC=CC=C(C=CCCCCCCCCCC)C(CCC(=O)NCC1(SN=O)CCCCC1)C(=O)O. The summed E-state index contributed by atoms with van der Waals surface area (Å²) in [7, 11) is 0. The van der Waals surface area contributed by atoms with Gasteiger partial charge in [0.15, 0.2) is 0 Å². The smallest absolute Gasteiger partial charge is 0.310 e. The van der Waals surface area contributed by atoms with Gasteiger partial charge in [0.25, 0.3) is 0 Å². The number of nitrogens with one attached hydrogen (secondary N) is 1. The van der Waals surface area contributed by atoms with Crippen molar-refractivity contribution in [1.29, 1.82) is 0 Å². The minimum absolute atomic E-state index is 0.130. The largest absolute Gasteiger partial charge is 0.481 e. The molecular weight excluding hydrogens is 472 g/mol. The highest BCUT2D eigenvalue weighted by molar-refractivity contribution is 7.99. The Bertz CT molecular complexity index is 727. The maximum Gasteiger partial charge on any atom is 0.310 e. The first kappa shape index (κ1) is 32.1. The second-order valence-electron chi connectivity index (χ2n) is 9.97. The number of carbonyl (C=O) groups is 2. The third-order valence-electron chi connectivity index (χ3n) is 6.98. The van der Waals surface area contributed by atoms with Crippen LogP contribution in [0.5, 0.6) is 0 Å². The van der Waals surface area contributed by atoms with Crippen LogP contribution in [0, 0.1) is 10.8 Å². The first-order chi connectivity index (χ1) is 17.5. The maximum absolute atomic E-state index is 12.6. The van der Waals surface area contributed by atoms with E-state index in [1.54, 1.807) is 0 Å². The van der Waals surface area contributed by atoms with Crippen molar-refractivity contribution in [3.05, 3.63) is 40.9 Å². The molecule has 0 bridgehead atoms. The molecule has 1 saturated carbocycles. The molecule has 0 aromatic rings. The zero-order valence-corrected chi connectivity index (χ0v) is 23.3. The topological polar surface area (TPSA) is 95.8 Å². The van der Waals surface area contributed by atoms with Crippen LogP contribution in [0.1, 0.15) is 117 Å². The van der Waals surface area contributed by atoms with Gasteiger partial charge in [-0.1, -0.05) is 102 Å². The Morgan fingerprint density at radius 1 is 1.06 bits per heavy atom. The molecule has 0 spiro atoms. The van der Waals surface area contributed by atoms with Gasteiger partial charge in [0, 0.05) is 29.5 Å². The molecule has 1 fully saturated rings. The molecule has 1 aliphatic rings. The molecular formula is C29H48N2O4S. The normalized spacial score (nSPS) is 16.9. The van der Waals surface area contributed by atoms with Crippen LogP contribution in [0.3, 0.4) is 0 Å². The summed E-state index contributed by atoms with van der Waals surface area (Å²) < 4.78 is 2.72. The van der Waals surface area contributed by atoms with Gasteiger partial charge in [0.05, 0.1) is 10.7 Å². The third-order valence-corrected chi connectivity index (χ3v) is 7.99. The van der Waals surface area contributed by atoms with Crippen molar-refractivity contribution in [2.75, 3.05) is 6.54 Å². The van der Waals surface area contributed by atoms with Crippen LogP contribution in [-0.2, 0) is 9.59 Å². The van der Waals surface area contributed by atoms with E-state index >= 15 is 0 Å². The van der Waals surface area contributed by atoms with Gasteiger partial charge in [-0.3, -0.25) is 9.59 Å². The fourth-order valence-electron chi connectivity index (χ4n) is 4.74. The van der Waals surface area contributed by atoms with Gasteiger partial charge >= 0.3 is 5.97 Å². The monoisotopic (exact) mass is 520 g/mol. The quantitative estimate of drug-likeness (QED) is 0.0728. The van der Waals surface area contributed by atoms with Crippen LogP contribution in [0.2, 0.25) is 0 Å². The zero-order valence-electron chi connectivity index (χ0n) is 22.5. The molecule has 0 aliphatic heterocycles. The summed E-state index contributed by atoms with van der Waals surface area (Å²) in [5.74, 6) is -1.83. The Morgan fingerprint density at radius 2 is 1.72 bits per heavy atom. The summed E-state index contributed by atoms with van der Waals surface area (Å²) in [6, 6.07) is 0. The van der Waals surface area contributed by atoms with Gasteiger partial charge in [0.2, 0.25) is 5.91 Å². The lowest BCUT2D eigenvalue weighted by Gasteiger charge is -2.33. The molecule has 1 unspecified atom stereocenters. The van der Waals surface area contributed by atoms with Crippen molar-refractivity contribution in [2.45, 2.75) is 121 Å². The second-order valence-corrected chi connectivity index (χ2v) is 11.2. The highest BCUT2D eigenvalue weighted by atomic mass is 32.2. The number of carboxylic acids is 1. The molecule has 1 atom stereocenters. The Hall–Kier alpha value is -1.89. The number of hydrogen-bond donors (Lipinski definition) is 2. The first-order valence-electron chi connectivity index (χ1n) is 14.0. The summed E-state index contributed by atoms with van der Waals surface area (Å²) in [5, 5.41) is 12.8. The standard InChI is InChI=1S/C29H48N2O4S/c1-3-5-7-8-9-10-11-12-13-15-19-25(18-6-4-2)26(28(33)34)20-21-27(32)30-24-29(36-31-35)22-16-14-17-23-29/h4,6,15,18-19,26H,3,5,7-14,16-17,20-24H2,1-2H3,(H,30,32)(H,33,34). The zero-order chi connectivity index (χ0) is 26.5. The molecule has 0 saturated heterocycles. The van der Waals surface area contributed by atoms with E-state index < -0.39 is 11.9 Å². The molecule has 204 valence electrons. The minimum atomic E-state index is -0.917. The maximum atomic E-state index is 12.6. The van der Waals surface area contributed by atoms with Crippen LogP contribution in [0.4, 0.5) is 0 Å². The number of aliphatic carboxylic acids is 1. The van der Waals surface area contributed by atoms with E-state index in [1.807, 2.05) is 31.2 Å². The van der Waals surface area contributed by atoms with Crippen molar-refractivity contribution in [1.82, 2.24) is 5.32 Å². The molecule has 1 amide bonds. The molecule has 1 rings (SSSR count). The van der Waals surface area contributed by atoms with Crippen molar-refractivity contribution < 1.29 is 14.7 Å². The first-order valence-corrected chi connectivity index (χ1v) is 14.7. The van der Waals surface area contributed by atoms with E-state index in [9.17, 15) is 19.6 Å². The number of allylic oxidation sites excluding steroid dienone is 5. The molecule has 6 nitrogen and oxygen atoms in total. The fourth-order valence-corrected chi connectivity index (χ4v) is 5.51. The van der Waals surface area contributed by atoms with E-state index in [0.717, 1.165) is 62.5 Å². The van der Waals surface area contributed by atoms with Crippen LogP contribution >= 0.6 is 11.9 Å². The number of nitrogens with zero attached hydrogens (tertiary/aromatic N) is 1. The molecule has 36 heavy (non-hydrogen) atoms. The Morgan fingerprint density at radius 3 is 2.33 bits per heavy atom. The Labute approximate surface area is 223 Å². The molecule has 0 radical (unpaired) electrons. The van der Waals surface area contributed by atoms with E-state index in [2.05, 4.69) is 22.9 Å². The van der Waals surface area contributed by atoms with E-state index in [4.69, 9.17) is 0 Å². The predicted molar refractivity (Wildman–Crippen MR) is 152 cm³/mol. The van der Waals surface area contributed by atoms with Gasteiger partial charge < -0.3 is 10.4 Å². The van der Waals surface area contributed by atoms with E-state index in [-0.39, 0.29) is 23.5 Å². The highest BCUT2D eigenvalue weighted by Gasteiger charge is 2.34.